The van der Waals surface area contributed by atoms with E-state index in [2.05, 4.69) is 4.98 Å². The van der Waals surface area contributed by atoms with Crippen molar-refractivity contribution in [2.45, 2.75) is 39.7 Å². The number of amides is 1. The lowest BCUT2D eigenvalue weighted by molar-refractivity contribution is 0.0580. The van der Waals surface area contributed by atoms with Crippen LogP contribution in [0.2, 0.25) is 0 Å². The molecule has 25 heavy (non-hydrogen) atoms. The Balaban J connectivity index is 2.21. The monoisotopic (exact) mass is 362 g/mol. The number of benzene rings is 1. The molecule has 0 aliphatic rings. The van der Waals surface area contributed by atoms with Gasteiger partial charge < -0.3 is 9.84 Å². The zero-order valence-electron chi connectivity index (χ0n) is 14.8. The summed E-state index contributed by atoms with van der Waals surface area (Å²) in [4.78, 5) is 29.5. The van der Waals surface area contributed by atoms with E-state index in [1.807, 2.05) is 12.3 Å². The van der Waals surface area contributed by atoms with Gasteiger partial charge in [-0.2, -0.15) is 0 Å². The van der Waals surface area contributed by atoms with E-state index in [0.717, 1.165) is 10.7 Å². The number of nitrogens with zero attached hydrogens (tertiary/aromatic N) is 2. The molecule has 0 saturated carbocycles. The fourth-order valence-corrected chi connectivity index (χ4v) is 2.92. The molecule has 1 heterocycles. The van der Waals surface area contributed by atoms with Crippen LogP contribution in [0.1, 0.15) is 41.8 Å². The van der Waals surface area contributed by atoms with Crippen molar-refractivity contribution in [2.24, 2.45) is 0 Å². The maximum atomic E-state index is 12.6. The lowest BCUT2D eigenvalue weighted by atomic mass is 10.2. The lowest BCUT2D eigenvalue weighted by Crippen LogP contribution is -2.38. The van der Waals surface area contributed by atoms with E-state index < -0.39 is 17.7 Å². The smallest absolute Gasteiger partial charge is 0.414 e. The van der Waals surface area contributed by atoms with E-state index in [4.69, 9.17) is 9.84 Å². The van der Waals surface area contributed by atoms with Crippen molar-refractivity contribution in [2.75, 3.05) is 11.4 Å². The van der Waals surface area contributed by atoms with E-state index >= 15 is 0 Å². The molecule has 1 aromatic heterocycles. The third kappa shape index (κ3) is 5.56. The van der Waals surface area contributed by atoms with Crippen molar-refractivity contribution in [3.63, 3.8) is 0 Å². The van der Waals surface area contributed by atoms with Crippen LogP contribution in [0.15, 0.2) is 29.6 Å². The number of carbonyl (C=O) groups excluding carboxylic acids is 1. The molecule has 7 heteroatoms. The molecule has 6 nitrogen and oxygen atoms in total. The molecule has 0 fully saturated rings. The molecule has 1 amide bonds. The van der Waals surface area contributed by atoms with Gasteiger partial charge in [0, 0.05) is 29.7 Å². The quantitative estimate of drug-likeness (QED) is 0.865. The van der Waals surface area contributed by atoms with Crippen LogP contribution in [-0.4, -0.2) is 34.3 Å². The van der Waals surface area contributed by atoms with Gasteiger partial charge in [-0.3, -0.25) is 4.90 Å². The average molecular weight is 362 g/mol. The number of aromatic carboxylic acids is 1. The van der Waals surface area contributed by atoms with Crippen LogP contribution >= 0.6 is 11.3 Å². The van der Waals surface area contributed by atoms with Crippen LogP contribution in [0, 0.1) is 6.92 Å². The summed E-state index contributed by atoms with van der Waals surface area (Å²) >= 11 is 1.55. The first-order valence-electron chi connectivity index (χ1n) is 7.90. The molecule has 0 aliphatic carbocycles. The highest BCUT2D eigenvalue weighted by atomic mass is 32.1. The predicted molar refractivity (Wildman–Crippen MR) is 97.5 cm³/mol. The third-order valence-electron chi connectivity index (χ3n) is 3.26. The summed E-state index contributed by atoms with van der Waals surface area (Å²) in [6.45, 7) is 7.74. The number of carboxylic acids is 1. The van der Waals surface area contributed by atoms with Crippen molar-refractivity contribution in [1.82, 2.24) is 4.98 Å². The molecule has 2 rings (SSSR count). The third-order valence-corrected chi connectivity index (χ3v) is 4.28. The van der Waals surface area contributed by atoms with Gasteiger partial charge >= 0.3 is 12.1 Å². The van der Waals surface area contributed by atoms with E-state index in [0.29, 0.717) is 18.7 Å². The molecule has 0 aliphatic heterocycles. The van der Waals surface area contributed by atoms with Crippen molar-refractivity contribution >= 4 is 29.1 Å². The average Bonchev–Trinajstić information content (AvgIpc) is 2.91. The highest BCUT2D eigenvalue weighted by molar-refractivity contribution is 7.09. The maximum Gasteiger partial charge on any atom is 0.414 e. The molecule has 1 aromatic carbocycles. The Morgan fingerprint density at radius 3 is 2.36 bits per heavy atom. The number of carbonyl (C=O) groups is 2. The number of hydrogen-bond acceptors (Lipinski definition) is 5. The van der Waals surface area contributed by atoms with E-state index in [-0.39, 0.29) is 5.56 Å². The van der Waals surface area contributed by atoms with Crippen LogP contribution in [0.5, 0.6) is 0 Å². The van der Waals surface area contributed by atoms with Gasteiger partial charge in [-0.25, -0.2) is 14.6 Å². The first-order chi connectivity index (χ1) is 11.7. The molecule has 1 N–H and O–H groups in total. The molecule has 0 bridgehead atoms. The van der Waals surface area contributed by atoms with Crippen molar-refractivity contribution < 1.29 is 19.4 Å². The molecule has 0 atom stereocenters. The summed E-state index contributed by atoms with van der Waals surface area (Å²) in [6.07, 6.45) is 0.127. The fourth-order valence-electron chi connectivity index (χ4n) is 2.15. The Hall–Kier alpha value is -2.41. The second-order valence-electron chi connectivity index (χ2n) is 6.62. The summed E-state index contributed by atoms with van der Waals surface area (Å²) in [5.74, 6) is -1.01. The lowest BCUT2D eigenvalue weighted by Gasteiger charge is -2.27. The van der Waals surface area contributed by atoms with E-state index in [9.17, 15) is 9.59 Å². The minimum Gasteiger partial charge on any atom is -0.478 e. The number of rotatable bonds is 5. The normalized spacial score (nSPS) is 11.2. The van der Waals surface area contributed by atoms with Gasteiger partial charge in [0.15, 0.2) is 0 Å². The van der Waals surface area contributed by atoms with Crippen LogP contribution in [0.25, 0.3) is 0 Å². The van der Waals surface area contributed by atoms with Gasteiger partial charge in [-0.05, 0) is 52.0 Å². The summed E-state index contributed by atoms with van der Waals surface area (Å²) in [6, 6.07) is 6.17. The molecule has 134 valence electrons. The minimum absolute atomic E-state index is 0.170. The number of ether oxygens (including phenoxy) is 1. The summed E-state index contributed by atoms with van der Waals surface area (Å²) in [5.41, 5.74) is 1.10. The first kappa shape index (κ1) is 18.9. The number of hydrogen-bond donors (Lipinski definition) is 1. The topological polar surface area (TPSA) is 79.7 Å². The molecule has 0 spiro atoms. The van der Waals surface area contributed by atoms with Gasteiger partial charge in [0.2, 0.25) is 0 Å². The number of aryl methyl sites for hydroxylation is 1. The Kier molecular flexibility index (Phi) is 5.79. The molecule has 2 aromatic rings. The Morgan fingerprint density at radius 1 is 1.24 bits per heavy atom. The van der Waals surface area contributed by atoms with Gasteiger partial charge in [0.25, 0.3) is 0 Å². The Morgan fingerprint density at radius 2 is 1.88 bits per heavy atom. The molecule has 0 saturated heterocycles. The van der Waals surface area contributed by atoms with Gasteiger partial charge in [0.1, 0.15) is 5.60 Å². The van der Waals surface area contributed by atoms with E-state index in [1.165, 1.54) is 17.0 Å². The minimum atomic E-state index is -1.01. The fraction of sp³-hybridized carbons (Fsp3) is 0.389. The predicted octanol–water partition coefficient (Wildman–Crippen LogP) is 4.13. The van der Waals surface area contributed by atoms with Crippen molar-refractivity contribution in [3.05, 3.63) is 45.9 Å². The molecular weight excluding hydrogens is 340 g/mol. The summed E-state index contributed by atoms with van der Waals surface area (Å²) < 4.78 is 5.48. The standard InChI is InChI=1S/C18H22N2O4S/c1-12-11-25-15(19-12)9-10-20(17(23)24-18(2,3)4)14-7-5-13(6-8-14)16(21)22/h5-8,11H,9-10H2,1-4H3,(H,21,22). The number of aromatic nitrogens is 1. The Labute approximate surface area is 151 Å². The second-order valence-corrected chi connectivity index (χ2v) is 7.56. The second kappa shape index (κ2) is 7.65. The van der Waals surface area contributed by atoms with Crippen molar-refractivity contribution in [1.29, 1.82) is 0 Å². The number of thiazole rings is 1. The van der Waals surface area contributed by atoms with Crippen LogP contribution in [0.3, 0.4) is 0 Å². The van der Waals surface area contributed by atoms with Gasteiger partial charge in [-0.1, -0.05) is 0 Å². The van der Waals surface area contributed by atoms with Crippen LogP contribution < -0.4 is 4.90 Å². The zero-order valence-corrected chi connectivity index (χ0v) is 15.6. The summed E-state index contributed by atoms with van der Waals surface area (Å²) in [7, 11) is 0. The largest absolute Gasteiger partial charge is 0.478 e. The molecule has 0 radical (unpaired) electrons. The maximum absolute atomic E-state index is 12.6. The SMILES string of the molecule is Cc1csc(CCN(C(=O)OC(C)(C)C)c2ccc(C(=O)O)cc2)n1. The molecule has 0 unspecified atom stereocenters. The first-order valence-corrected chi connectivity index (χ1v) is 8.78. The molecular formula is C18H22N2O4S. The van der Waals surface area contributed by atoms with Gasteiger partial charge in [-0.15, -0.1) is 11.3 Å². The summed E-state index contributed by atoms with van der Waals surface area (Å²) in [5, 5.41) is 11.9. The van der Waals surface area contributed by atoms with Crippen LogP contribution in [-0.2, 0) is 11.2 Å². The number of anilines is 1. The Bertz CT molecular complexity index is 747. The highest BCUT2D eigenvalue weighted by Gasteiger charge is 2.23. The van der Waals surface area contributed by atoms with Crippen molar-refractivity contribution in [3.8, 4) is 0 Å². The highest BCUT2D eigenvalue weighted by Crippen LogP contribution is 2.20. The van der Waals surface area contributed by atoms with Crippen LogP contribution in [0.4, 0.5) is 10.5 Å². The van der Waals surface area contributed by atoms with E-state index in [1.54, 1.807) is 44.2 Å². The zero-order chi connectivity index (χ0) is 18.6. The number of carboxylic acid groups (broad SMARTS) is 1. The van der Waals surface area contributed by atoms with Gasteiger partial charge in [0.05, 0.1) is 10.6 Å².